The topological polar surface area (TPSA) is 38.5 Å². The molecule has 2 rings (SSSR count). The smallest absolute Gasteiger partial charge is 0.0594 e. The largest absolute Gasteiger partial charge is 0.379 e. The summed E-state index contributed by atoms with van der Waals surface area (Å²) in [7, 11) is 0. The highest BCUT2D eigenvalue weighted by Gasteiger charge is 2.39. The molecular weight excluding hydrogens is 200 g/mol. The molecule has 2 N–H and O–H groups in total. The molecule has 2 fully saturated rings. The molecule has 0 amide bonds. The summed E-state index contributed by atoms with van der Waals surface area (Å²) in [6.45, 7) is 8.43. The van der Waals surface area contributed by atoms with E-state index in [9.17, 15) is 0 Å². The Labute approximate surface area is 99.3 Å². The van der Waals surface area contributed by atoms with E-state index in [1.807, 2.05) is 0 Å². The van der Waals surface area contributed by atoms with Crippen molar-refractivity contribution in [2.45, 2.75) is 51.1 Å². The third-order valence-electron chi connectivity index (χ3n) is 4.53. The average molecular weight is 226 g/mol. The van der Waals surface area contributed by atoms with Crippen molar-refractivity contribution >= 4 is 0 Å². The highest BCUT2D eigenvalue weighted by atomic mass is 16.5. The SMILES string of the molecule is CCC(C)(C(N)CC1CC1)N1CCOCC1. The van der Waals surface area contributed by atoms with E-state index in [2.05, 4.69) is 18.7 Å². The van der Waals surface area contributed by atoms with Gasteiger partial charge in [-0.1, -0.05) is 19.8 Å². The van der Waals surface area contributed by atoms with Crippen LogP contribution in [-0.2, 0) is 4.74 Å². The second kappa shape index (κ2) is 5.03. The number of nitrogens with zero attached hydrogens (tertiary/aromatic N) is 1. The Kier molecular flexibility index (Phi) is 3.88. The number of ether oxygens (including phenoxy) is 1. The molecule has 1 saturated carbocycles. The number of hydrogen-bond donors (Lipinski definition) is 1. The van der Waals surface area contributed by atoms with Crippen LogP contribution in [0.5, 0.6) is 0 Å². The van der Waals surface area contributed by atoms with E-state index in [0.29, 0.717) is 6.04 Å². The summed E-state index contributed by atoms with van der Waals surface area (Å²) < 4.78 is 5.43. The van der Waals surface area contributed by atoms with Gasteiger partial charge in [0.2, 0.25) is 0 Å². The van der Waals surface area contributed by atoms with Crippen molar-refractivity contribution < 1.29 is 4.74 Å². The van der Waals surface area contributed by atoms with Gasteiger partial charge in [-0.05, 0) is 25.7 Å². The minimum absolute atomic E-state index is 0.173. The molecule has 1 aliphatic heterocycles. The first-order chi connectivity index (χ1) is 7.66. The van der Waals surface area contributed by atoms with Crippen molar-refractivity contribution in [1.29, 1.82) is 0 Å². The summed E-state index contributed by atoms with van der Waals surface area (Å²) in [5.74, 6) is 0.918. The first-order valence-electron chi connectivity index (χ1n) is 6.75. The van der Waals surface area contributed by atoms with Crippen molar-refractivity contribution in [2.75, 3.05) is 26.3 Å². The molecular formula is C13H26N2O. The average Bonchev–Trinajstić information content (AvgIpc) is 3.13. The zero-order valence-corrected chi connectivity index (χ0v) is 10.7. The summed E-state index contributed by atoms with van der Waals surface area (Å²) in [6, 6.07) is 0.322. The molecule has 0 bridgehead atoms. The second-order valence-electron chi connectivity index (χ2n) is 5.60. The van der Waals surface area contributed by atoms with Crippen LogP contribution in [0.15, 0.2) is 0 Å². The van der Waals surface area contributed by atoms with Crippen molar-refractivity contribution in [1.82, 2.24) is 4.90 Å². The monoisotopic (exact) mass is 226 g/mol. The molecule has 1 aliphatic carbocycles. The van der Waals surface area contributed by atoms with Gasteiger partial charge in [0.05, 0.1) is 13.2 Å². The van der Waals surface area contributed by atoms with E-state index in [0.717, 1.165) is 38.6 Å². The molecule has 2 atom stereocenters. The second-order valence-corrected chi connectivity index (χ2v) is 5.60. The first kappa shape index (κ1) is 12.3. The van der Waals surface area contributed by atoms with Crippen LogP contribution in [0.1, 0.15) is 39.5 Å². The van der Waals surface area contributed by atoms with Crippen molar-refractivity contribution in [3.05, 3.63) is 0 Å². The van der Waals surface area contributed by atoms with Gasteiger partial charge in [-0.2, -0.15) is 0 Å². The van der Waals surface area contributed by atoms with Gasteiger partial charge in [0, 0.05) is 24.7 Å². The molecule has 3 heteroatoms. The van der Waals surface area contributed by atoms with E-state index in [4.69, 9.17) is 10.5 Å². The lowest BCUT2D eigenvalue weighted by Crippen LogP contribution is -2.60. The Bertz CT molecular complexity index is 224. The Hall–Kier alpha value is -0.120. The van der Waals surface area contributed by atoms with Crippen LogP contribution in [0.25, 0.3) is 0 Å². The minimum Gasteiger partial charge on any atom is -0.379 e. The Morgan fingerprint density at radius 3 is 2.50 bits per heavy atom. The minimum atomic E-state index is 0.173. The van der Waals surface area contributed by atoms with Crippen LogP contribution < -0.4 is 5.73 Å². The maximum Gasteiger partial charge on any atom is 0.0594 e. The fourth-order valence-electron chi connectivity index (χ4n) is 2.76. The Morgan fingerprint density at radius 1 is 1.38 bits per heavy atom. The maximum absolute atomic E-state index is 6.45. The van der Waals surface area contributed by atoms with Gasteiger partial charge in [-0.25, -0.2) is 0 Å². The van der Waals surface area contributed by atoms with Crippen molar-refractivity contribution in [2.24, 2.45) is 11.7 Å². The van der Waals surface area contributed by atoms with Gasteiger partial charge in [0.15, 0.2) is 0 Å². The number of morpholine rings is 1. The van der Waals surface area contributed by atoms with E-state index in [-0.39, 0.29) is 5.54 Å². The molecule has 0 aromatic heterocycles. The summed E-state index contributed by atoms with van der Waals surface area (Å²) in [5.41, 5.74) is 6.62. The van der Waals surface area contributed by atoms with Crippen LogP contribution >= 0.6 is 0 Å². The molecule has 2 unspecified atom stereocenters. The van der Waals surface area contributed by atoms with Crippen LogP contribution in [0.3, 0.4) is 0 Å². The molecule has 1 heterocycles. The molecule has 0 spiro atoms. The summed E-state index contributed by atoms with van der Waals surface area (Å²) in [5, 5.41) is 0. The summed E-state index contributed by atoms with van der Waals surface area (Å²) in [6.07, 6.45) is 5.15. The fourth-order valence-corrected chi connectivity index (χ4v) is 2.76. The normalized spacial score (nSPS) is 28.7. The van der Waals surface area contributed by atoms with Crippen LogP contribution in [-0.4, -0.2) is 42.8 Å². The summed E-state index contributed by atoms with van der Waals surface area (Å²) in [4.78, 5) is 2.55. The zero-order valence-electron chi connectivity index (χ0n) is 10.7. The van der Waals surface area contributed by atoms with Gasteiger partial charge in [-0.3, -0.25) is 4.90 Å². The highest BCUT2D eigenvalue weighted by Crippen LogP contribution is 2.37. The number of hydrogen-bond acceptors (Lipinski definition) is 3. The van der Waals surface area contributed by atoms with Gasteiger partial charge >= 0.3 is 0 Å². The molecule has 3 nitrogen and oxygen atoms in total. The van der Waals surface area contributed by atoms with Crippen LogP contribution in [0.2, 0.25) is 0 Å². The standard InChI is InChI=1S/C13H26N2O/c1-3-13(2,12(14)10-11-4-5-11)15-6-8-16-9-7-15/h11-12H,3-10,14H2,1-2H3. The van der Waals surface area contributed by atoms with E-state index < -0.39 is 0 Å². The van der Waals surface area contributed by atoms with E-state index in [1.165, 1.54) is 19.3 Å². The third kappa shape index (κ3) is 2.58. The lowest BCUT2D eigenvalue weighted by atomic mass is 9.84. The van der Waals surface area contributed by atoms with E-state index >= 15 is 0 Å². The lowest BCUT2D eigenvalue weighted by Gasteiger charge is -2.46. The highest BCUT2D eigenvalue weighted by molar-refractivity contribution is 4.97. The molecule has 1 saturated heterocycles. The van der Waals surface area contributed by atoms with E-state index in [1.54, 1.807) is 0 Å². The molecule has 0 radical (unpaired) electrons. The van der Waals surface area contributed by atoms with Crippen molar-refractivity contribution in [3.8, 4) is 0 Å². The van der Waals surface area contributed by atoms with Gasteiger partial charge < -0.3 is 10.5 Å². The quantitative estimate of drug-likeness (QED) is 0.774. The van der Waals surface area contributed by atoms with Gasteiger partial charge in [-0.15, -0.1) is 0 Å². The van der Waals surface area contributed by atoms with Gasteiger partial charge in [0.25, 0.3) is 0 Å². The summed E-state index contributed by atoms with van der Waals surface area (Å²) >= 11 is 0. The molecule has 0 aromatic rings. The number of nitrogens with two attached hydrogens (primary N) is 1. The predicted molar refractivity (Wildman–Crippen MR) is 66.4 cm³/mol. The van der Waals surface area contributed by atoms with Crippen molar-refractivity contribution in [3.63, 3.8) is 0 Å². The molecule has 94 valence electrons. The van der Waals surface area contributed by atoms with Crippen LogP contribution in [0.4, 0.5) is 0 Å². The molecule has 2 aliphatic rings. The maximum atomic E-state index is 6.45. The predicted octanol–water partition coefficient (Wildman–Crippen LogP) is 1.61. The zero-order chi connectivity index (χ0) is 11.6. The fraction of sp³-hybridized carbons (Fsp3) is 1.00. The van der Waals surface area contributed by atoms with Crippen LogP contribution in [0, 0.1) is 5.92 Å². The van der Waals surface area contributed by atoms with Gasteiger partial charge in [0.1, 0.15) is 0 Å². The lowest BCUT2D eigenvalue weighted by molar-refractivity contribution is -0.0288. The molecule has 0 aromatic carbocycles. The number of rotatable bonds is 5. The third-order valence-corrected chi connectivity index (χ3v) is 4.53. The molecule has 16 heavy (non-hydrogen) atoms. The Morgan fingerprint density at radius 2 is 2.00 bits per heavy atom. The Balaban J connectivity index is 1.96. The first-order valence-corrected chi connectivity index (χ1v) is 6.75.